The first-order chi connectivity index (χ1) is 7.68. The molecule has 0 saturated carbocycles. The molecule has 1 unspecified atom stereocenters. The first kappa shape index (κ1) is 13.9. The molecule has 0 spiro atoms. The van der Waals surface area contributed by atoms with Crippen molar-refractivity contribution in [2.45, 2.75) is 45.1 Å². The Kier molecular flexibility index (Phi) is 7.01. The highest BCUT2D eigenvalue weighted by molar-refractivity contribution is 4.67. The number of unbranched alkanes of at least 4 members (excludes halogenated alkanes) is 1. The van der Waals surface area contributed by atoms with Crippen LogP contribution in [-0.2, 0) is 0 Å². The Morgan fingerprint density at radius 3 is 2.50 bits per heavy atom. The maximum Gasteiger partial charge on any atom is 0.0512 e. The second-order valence-electron chi connectivity index (χ2n) is 5.20. The van der Waals surface area contributed by atoms with Crippen molar-refractivity contribution in [1.29, 1.82) is 0 Å². The van der Waals surface area contributed by atoms with E-state index in [1.165, 1.54) is 52.0 Å². The molecule has 3 heteroatoms. The molecule has 1 atom stereocenters. The molecule has 1 saturated heterocycles. The molecule has 96 valence electrons. The average molecular weight is 228 g/mol. The van der Waals surface area contributed by atoms with Crippen molar-refractivity contribution in [3.8, 4) is 0 Å². The number of aliphatic hydroxyl groups is 1. The maximum absolute atomic E-state index is 9.14. The van der Waals surface area contributed by atoms with Gasteiger partial charge in [-0.15, -0.1) is 0 Å². The van der Waals surface area contributed by atoms with Crippen molar-refractivity contribution in [3.05, 3.63) is 0 Å². The third kappa shape index (κ3) is 6.46. The van der Waals surface area contributed by atoms with Gasteiger partial charge in [-0.1, -0.05) is 0 Å². The van der Waals surface area contributed by atoms with Crippen molar-refractivity contribution in [2.24, 2.45) is 0 Å². The summed E-state index contributed by atoms with van der Waals surface area (Å²) in [5.41, 5.74) is 0. The first-order valence-electron chi connectivity index (χ1n) is 6.77. The van der Waals surface area contributed by atoms with Gasteiger partial charge < -0.3 is 14.9 Å². The normalized spacial score (nSPS) is 19.5. The fourth-order valence-corrected chi connectivity index (χ4v) is 2.25. The highest BCUT2D eigenvalue weighted by atomic mass is 16.3. The van der Waals surface area contributed by atoms with Crippen molar-refractivity contribution >= 4 is 0 Å². The summed E-state index contributed by atoms with van der Waals surface area (Å²) in [4.78, 5) is 4.98. The smallest absolute Gasteiger partial charge is 0.0512 e. The van der Waals surface area contributed by atoms with Crippen LogP contribution in [0.4, 0.5) is 0 Å². The van der Waals surface area contributed by atoms with Crippen LogP contribution in [0.15, 0.2) is 0 Å². The molecule has 3 nitrogen and oxygen atoms in total. The van der Waals surface area contributed by atoms with Gasteiger partial charge in [0.05, 0.1) is 6.10 Å². The molecule has 1 rings (SSSR count). The fraction of sp³-hybridized carbons (Fsp3) is 1.00. The third-order valence-electron chi connectivity index (χ3n) is 3.41. The molecule has 1 N–H and O–H groups in total. The van der Waals surface area contributed by atoms with Crippen molar-refractivity contribution in [3.63, 3.8) is 0 Å². The highest BCUT2D eigenvalue weighted by Gasteiger charge is 2.11. The number of likely N-dealkylation sites (N-methyl/N-ethyl adjacent to an activating group) is 1. The molecule has 1 fully saturated rings. The average Bonchev–Trinajstić information content (AvgIpc) is 2.74. The van der Waals surface area contributed by atoms with E-state index in [0.717, 1.165) is 12.8 Å². The van der Waals surface area contributed by atoms with E-state index < -0.39 is 0 Å². The molecule has 1 heterocycles. The summed E-state index contributed by atoms with van der Waals surface area (Å²) < 4.78 is 0. The number of hydrogen-bond donors (Lipinski definition) is 1. The van der Waals surface area contributed by atoms with Gasteiger partial charge in [-0.25, -0.2) is 0 Å². The van der Waals surface area contributed by atoms with Crippen LogP contribution in [-0.4, -0.2) is 60.8 Å². The Hall–Kier alpha value is -0.120. The molecule has 0 aromatic heterocycles. The lowest BCUT2D eigenvalue weighted by atomic mass is 10.2. The van der Waals surface area contributed by atoms with Crippen LogP contribution in [0.1, 0.15) is 39.0 Å². The van der Waals surface area contributed by atoms with Crippen LogP contribution in [0.5, 0.6) is 0 Å². The summed E-state index contributed by atoms with van der Waals surface area (Å²) in [6, 6.07) is 0. The summed E-state index contributed by atoms with van der Waals surface area (Å²) in [5.74, 6) is 0. The van der Waals surface area contributed by atoms with Gasteiger partial charge in [0.25, 0.3) is 0 Å². The van der Waals surface area contributed by atoms with E-state index >= 15 is 0 Å². The Labute approximate surface area is 100 Å². The van der Waals surface area contributed by atoms with Gasteiger partial charge in [0.15, 0.2) is 0 Å². The summed E-state index contributed by atoms with van der Waals surface area (Å²) in [7, 11) is 2.21. The van der Waals surface area contributed by atoms with Gasteiger partial charge in [0, 0.05) is 13.1 Å². The lowest BCUT2D eigenvalue weighted by Crippen LogP contribution is -2.32. The molecule has 16 heavy (non-hydrogen) atoms. The predicted molar refractivity (Wildman–Crippen MR) is 68.7 cm³/mol. The standard InChI is InChI=1S/C13H28N2O/c1-13(16)7-3-4-8-14(2)11-12-15-9-5-6-10-15/h13,16H,3-12H2,1-2H3. The monoisotopic (exact) mass is 228 g/mol. The second-order valence-corrected chi connectivity index (χ2v) is 5.20. The number of aliphatic hydroxyl groups excluding tert-OH is 1. The van der Waals surface area contributed by atoms with Crippen LogP contribution in [0.3, 0.4) is 0 Å². The molecule has 1 aliphatic rings. The minimum atomic E-state index is -0.130. The molecular formula is C13H28N2O. The van der Waals surface area contributed by atoms with Gasteiger partial charge >= 0.3 is 0 Å². The van der Waals surface area contributed by atoms with Crippen LogP contribution >= 0.6 is 0 Å². The minimum Gasteiger partial charge on any atom is -0.393 e. The summed E-state index contributed by atoms with van der Waals surface area (Å²) in [6.45, 7) is 8.06. The second kappa shape index (κ2) is 8.04. The zero-order valence-corrected chi connectivity index (χ0v) is 11.0. The topological polar surface area (TPSA) is 26.7 Å². The molecule has 0 aromatic rings. The molecule has 0 radical (unpaired) electrons. The lowest BCUT2D eigenvalue weighted by molar-refractivity contribution is 0.177. The Morgan fingerprint density at radius 2 is 1.88 bits per heavy atom. The highest BCUT2D eigenvalue weighted by Crippen LogP contribution is 2.07. The van der Waals surface area contributed by atoms with Crippen molar-refractivity contribution < 1.29 is 5.11 Å². The summed E-state index contributed by atoms with van der Waals surface area (Å²) in [6.07, 6.45) is 5.94. The molecule has 1 aliphatic heterocycles. The van der Waals surface area contributed by atoms with E-state index in [-0.39, 0.29) is 6.10 Å². The van der Waals surface area contributed by atoms with E-state index in [2.05, 4.69) is 16.8 Å². The summed E-state index contributed by atoms with van der Waals surface area (Å²) >= 11 is 0. The lowest BCUT2D eigenvalue weighted by Gasteiger charge is -2.21. The number of hydrogen-bond acceptors (Lipinski definition) is 3. The molecule has 0 bridgehead atoms. The third-order valence-corrected chi connectivity index (χ3v) is 3.41. The Morgan fingerprint density at radius 1 is 1.19 bits per heavy atom. The number of likely N-dealkylation sites (tertiary alicyclic amines) is 1. The van der Waals surface area contributed by atoms with Gasteiger partial charge in [0.2, 0.25) is 0 Å². The van der Waals surface area contributed by atoms with Crippen LogP contribution in [0.25, 0.3) is 0 Å². The van der Waals surface area contributed by atoms with Gasteiger partial charge in [-0.05, 0) is 65.7 Å². The van der Waals surface area contributed by atoms with Crippen molar-refractivity contribution in [1.82, 2.24) is 9.80 Å². The van der Waals surface area contributed by atoms with E-state index in [0.29, 0.717) is 0 Å². The first-order valence-corrected chi connectivity index (χ1v) is 6.77. The zero-order valence-electron chi connectivity index (χ0n) is 11.0. The largest absolute Gasteiger partial charge is 0.393 e. The van der Waals surface area contributed by atoms with E-state index in [1.807, 2.05) is 6.92 Å². The quantitative estimate of drug-likeness (QED) is 0.639. The molecule has 0 amide bonds. The Balaban J connectivity index is 1.91. The fourth-order valence-electron chi connectivity index (χ4n) is 2.25. The van der Waals surface area contributed by atoms with Gasteiger partial charge in [-0.2, -0.15) is 0 Å². The summed E-state index contributed by atoms with van der Waals surface area (Å²) in [5, 5.41) is 9.14. The van der Waals surface area contributed by atoms with Crippen LogP contribution in [0.2, 0.25) is 0 Å². The zero-order chi connectivity index (χ0) is 11.8. The van der Waals surface area contributed by atoms with E-state index in [9.17, 15) is 0 Å². The number of rotatable bonds is 8. The Bertz CT molecular complexity index is 167. The molecule has 0 aliphatic carbocycles. The molecule has 0 aromatic carbocycles. The van der Waals surface area contributed by atoms with Crippen LogP contribution in [0, 0.1) is 0 Å². The predicted octanol–water partition coefficient (Wildman–Crippen LogP) is 1.57. The number of nitrogens with zero attached hydrogens (tertiary/aromatic N) is 2. The van der Waals surface area contributed by atoms with E-state index in [4.69, 9.17) is 5.11 Å². The SMILES string of the molecule is CC(O)CCCCN(C)CCN1CCCC1. The molecular weight excluding hydrogens is 200 g/mol. The van der Waals surface area contributed by atoms with Crippen LogP contribution < -0.4 is 0 Å². The minimum absolute atomic E-state index is 0.130. The van der Waals surface area contributed by atoms with Gasteiger partial charge in [-0.3, -0.25) is 0 Å². The maximum atomic E-state index is 9.14. The van der Waals surface area contributed by atoms with Gasteiger partial charge in [0.1, 0.15) is 0 Å². The van der Waals surface area contributed by atoms with Crippen molar-refractivity contribution in [2.75, 3.05) is 39.8 Å². The van der Waals surface area contributed by atoms with E-state index in [1.54, 1.807) is 0 Å².